The predicted octanol–water partition coefficient (Wildman–Crippen LogP) is 4.41. The van der Waals surface area contributed by atoms with Gasteiger partial charge in [-0.1, -0.05) is 30.3 Å². The Morgan fingerprint density at radius 3 is 2.86 bits per heavy atom. The van der Waals surface area contributed by atoms with Crippen LogP contribution in [0.5, 0.6) is 0 Å². The zero-order valence-electron chi connectivity index (χ0n) is 11.9. The molecule has 1 aliphatic heterocycles. The maximum Gasteiger partial charge on any atom is 0.123 e. The Kier molecular flexibility index (Phi) is 3.47. The first-order chi connectivity index (χ1) is 10.8. The van der Waals surface area contributed by atoms with E-state index in [0.29, 0.717) is 6.04 Å². The monoisotopic (exact) mass is 310 g/mol. The van der Waals surface area contributed by atoms with Crippen LogP contribution in [0.3, 0.4) is 0 Å². The molecule has 22 heavy (non-hydrogen) atoms. The Labute approximate surface area is 132 Å². The first-order valence-corrected chi connectivity index (χ1v) is 8.30. The van der Waals surface area contributed by atoms with Gasteiger partial charge in [0.15, 0.2) is 0 Å². The first-order valence-electron chi connectivity index (χ1n) is 7.31. The molecule has 1 unspecified atom stereocenters. The summed E-state index contributed by atoms with van der Waals surface area (Å²) in [6.07, 6.45) is 0.964. The van der Waals surface area contributed by atoms with Crippen molar-refractivity contribution in [1.29, 1.82) is 0 Å². The number of nitrogens with zero attached hydrogens (tertiary/aromatic N) is 1. The van der Waals surface area contributed by atoms with Gasteiger partial charge in [-0.2, -0.15) is 0 Å². The highest BCUT2D eigenvalue weighted by molar-refractivity contribution is 8.14. The highest BCUT2D eigenvalue weighted by atomic mass is 32.2. The van der Waals surface area contributed by atoms with Gasteiger partial charge < -0.3 is 4.98 Å². The fourth-order valence-corrected chi connectivity index (χ4v) is 3.80. The average Bonchev–Trinajstić information content (AvgIpc) is 3.14. The van der Waals surface area contributed by atoms with Crippen molar-refractivity contribution >= 4 is 27.7 Å². The molecular formula is C18H15FN2S. The zero-order valence-corrected chi connectivity index (χ0v) is 12.7. The van der Waals surface area contributed by atoms with E-state index in [1.165, 1.54) is 11.6 Å². The molecule has 4 heteroatoms. The molecule has 0 amide bonds. The highest BCUT2D eigenvalue weighted by Gasteiger charge is 2.21. The number of aromatic nitrogens is 1. The maximum absolute atomic E-state index is 13.3. The summed E-state index contributed by atoms with van der Waals surface area (Å²) in [5, 5.41) is 1.92. The maximum atomic E-state index is 13.3. The van der Waals surface area contributed by atoms with E-state index in [2.05, 4.69) is 29.2 Å². The van der Waals surface area contributed by atoms with Gasteiger partial charge in [0, 0.05) is 16.7 Å². The number of aromatic amines is 1. The van der Waals surface area contributed by atoms with Crippen molar-refractivity contribution in [2.24, 2.45) is 4.99 Å². The molecule has 0 radical (unpaired) electrons. The number of hydrogen-bond donors (Lipinski definition) is 1. The molecule has 0 bridgehead atoms. The molecule has 0 spiro atoms. The van der Waals surface area contributed by atoms with E-state index < -0.39 is 0 Å². The van der Waals surface area contributed by atoms with E-state index in [1.807, 2.05) is 12.1 Å². The lowest BCUT2D eigenvalue weighted by Crippen LogP contribution is -2.07. The van der Waals surface area contributed by atoms with Crippen molar-refractivity contribution in [3.8, 4) is 0 Å². The number of rotatable bonds is 3. The quantitative estimate of drug-likeness (QED) is 0.762. The first kappa shape index (κ1) is 13.6. The van der Waals surface area contributed by atoms with Crippen LogP contribution >= 0.6 is 11.8 Å². The lowest BCUT2D eigenvalue weighted by atomic mass is 10.1. The number of aliphatic imine (C=N–C) groups is 1. The Morgan fingerprint density at radius 1 is 1.14 bits per heavy atom. The number of hydrogen-bond acceptors (Lipinski definition) is 2. The summed E-state index contributed by atoms with van der Waals surface area (Å²) in [6, 6.07) is 17.5. The van der Waals surface area contributed by atoms with Crippen molar-refractivity contribution in [3.05, 3.63) is 71.7 Å². The normalized spacial score (nSPS) is 17.9. The van der Waals surface area contributed by atoms with Crippen LogP contribution in [0, 0.1) is 5.82 Å². The second kappa shape index (κ2) is 5.61. The number of thioether (sulfide) groups is 1. The minimum atomic E-state index is -0.207. The van der Waals surface area contributed by atoms with Crippen LogP contribution in [0.1, 0.15) is 11.3 Å². The molecule has 0 aliphatic carbocycles. The van der Waals surface area contributed by atoms with Crippen molar-refractivity contribution < 1.29 is 4.39 Å². The van der Waals surface area contributed by atoms with Gasteiger partial charge in [-0.05, 0) is 36.2 Å². The number of halogens is 1. The van der Waals surface area contributed by atoms with E-state index in [-0.39, 0.29) is 5.82 Å². The molecule has 4 rings (SSSR count). The molecule has 1 aromatic heterocycles. The van der Waals surface area contributed by atoms with Crippen LogP contribution in [0.4, 0.5) is 4.39 Å². The molecule has 3 aromatic rings. The third-order valence-corrected chi connectivity index (χ3v) is 4.99. The second-order valence-corrected chi connectivity index (χ2v) is 6.51. The molecule has 0 fully saturated rings. The minimum absolute atomic E-state index is 0.207. The Hall–Kier alpha value is -2.07. The molecule has 0 saturated heterocycles. The summed E-state index contributed by atoms with van der Waals surface area (Å²) in [7, 11) is 0. The van der Waals surface area contributed by atoms with E-state index in [1.54, 1.807) is 23.9 Å². The van der Waals surface area contributed by atoms with Gasteiger partial charge in [-0.3, -0.25) is 4.99 Å². The molecule has 1 N–H and O–H groups in total. The lowest BCUT2D eigenvalue weighted by Gasteiger charge is -2.04. The number of H-pyrrole nitrogens is 1. The topological polar surface area (TPSA) is 28.1 Å². The van der Waals surface area contributed by atoms with Gasteiger partial charge in [0.05, 0.1) is 11.7 Å². The predicted molar refractivity (Wildman–Crippen MR) is 91.2 cm³/mol. The summed E-state index contributed by atoms with van der Waals surface area (Å²) in [5.74, 6) is 0.787. The number of benzene rings is 2. The van der Waals surface area contributed by atoms with Gasteiger partial charge in [-0.15, -0.1) is 11.8 Å². The van der Waals surface area contributed by atoms with Crippen LogP contribution in [0.25, 0.3) is 10.9 Å². The van der Waals surface area contributed by atoms with Gasteiger partial charge >= 0.3 is 0 Å². The summed E-state index contributed by atoms with van der Waals surface area (Å²) in [6.45, 7) is 0. The van der Waals surface area contributed by atoms with Gasteiger partial charge in [0.2, 0.25) is 0 Å². The lowest BCUT2D eigenvalue weighted by molar-refractivity contribution is 0.630. The van der Waals surface area contributed by atoms with Crippen molar-refractivity contribution in [1.82, 2.24) is 4.98 Å². The van der Waals surface area contributed by atoms with Gasteiger partial charge in [0.25, 0.3) is 0 Å². The SMILES string of the molecule is Fc1ccc2[nH]c(C3=NC(Cc4ccccc4)CS3)cc2c1. The highest BCUT2D eigenvalue weighted by Crippen LogP contribution is 2.27. The summed E-state index contributed by atoms with van der Waals surface area (Å²) < 4.78 is 13.3. The summed E-state index contributed by atoms with van der Waals surface area (Å²) >= 11 is 1.77. The molecule has 1 aliphatic rings. The molecule has 2 nitrogen and oxygen atoms in total. The number of nitrogens with one attached hydrogen (secondary N) is 1. The standard InChI is InChI=1S/C18H15FN2S/c19-14-6-7-16-13(9-14)10-17(21-16)18-20-15(11-22-18)8-12-4-2-1-3-5-12/h1-7,9-10,15,21H,8,11H2. The van der Waals surface area contributed by atoms with Crippen LogP contribution in [-0.2, 0) is 6.42 Å². The van der Waals surface area contributed by atoms with Crippen LogP contribution in [0.15, 0.2) is 59.6 Å². The molecule has 2 aromatic carbocycles. The van der Waals surface area contributed by atoms with E-state index >= 15 is 0 Å². The van der Waals surface area contributed by atoms with Gasteiger partial charge in [0.1, 0.15) is 10.9 Å². The fourth-order valence-electron chi connectivity index (χ4n) is 2.77. The molecule has 110 valence electrons. The molecule has 0 saturated carbocycles. The second-order valence-electron chi connectivity index (χ2n) is 5.50. The van der Waals surface area contributed by atoms with E-state index in [9.17, 15) is 4.39 Å². The fraction of sp³-hybridized carbons (Fsp3) is 0.167. The van der Waals surface area contributed by atoms with Crippen molar-refractivity contribution in [3.63, 3.8) is 0 Å². The smallest absolute Gasteiger partial charge is 0.123 e. The summed E-state index contributed by atoms with van der Waals surface area (Å²) in [5.41, 5.74) is 3.25. The van der Waals surface area contributed by atoms with Crippen molar-refractivity contribution in [2.45, 2.75) is 12.5 Å². The van der Waals surface area contributed by atoms with Crippen LogP contribution in [-0.4, -0.2) is 21.8 Å². The molecule has 1 atom stereocenters. The minimum Gasteiger partial charge on any atom is -0.353 e. The average molecular weight is 310 g/mol. The number of fused-ring (bicyclic) bond motifs is 1. The molecular weight excluding hydrogens is 295 g/mol. The van der Waals surface area contributed by atoms with Crippen LogP contribution in [0.2, 0.25) is 0 Å². The molecule has 2 heterocycles. The summed E-state index contributed by atoms with van der Waals surface area (Å²) in [4.78, 5) is 8.16. The Morgan fingerprint density at radius 2 is 2.00 bits per heavy atom. The largest absolute Gasteiger partial charge is 0.353 e. The van der Waals surface area contributed by atoms with Crippen LogP contribution < -0.4 is 0 Å². The Bertz CT molecular complexity index is 839. The Balaban J connectivity index is 1.58. The van der Waals surface area contributed by atoms with Gasteiger partial charge in [-0.25, -0.2) is 4.39 Å². The zero-order chi connectivity index (χ0) is 14.9. The third-order valence-electron chi connectivity index (χ3n) is 3.84. The van der Waals surface area contributed by atoms with Crippen molar-refractivity contribution in [2.75, 3.05) is 5.75 Å². The third kappa shape index (κ3) is 2.66. The van der Waals surface area contributed by atoms with E-state index in [4.69, 9.17) is 4.99 Å². The van der Waals surface area contributed by atoms with E-state index in [0.717, 1.165) is 33.8 Å².